The SMILES string of the molecule is Cc1[nH]ncc1NC(=O)Nc1ccc(-c2nc(N3CCOC[C@@H]3C)cc(C3(S(=O)(=O)c4cccc(F)c4)CC3)n2)cc1. The van der Waals surface area contributed by atoms with Gasteiger partial charge in [0.15, 0.2) is 15.7 Å². The average Bonchev–Trinajstić information content (AvgIpc) is 3.72. The van der Waals surface area contributed by atoms with Crippen molar-refractivity contribution in [3.8, 4) is 11.4 Å². The monoisotopic (exact) mass is 591 g/mol. The summed E-state index contributed by atoms with van der Waals surface area (Å²) in [5, 5.41) is 12.2. The van der Waals surface area contributed by atoms with Crippen LogP contribution in [0.15, 0.2) is 65.7 Å². The molecule has 13 heteroatoms. The van der Waals surface area contributed by atoms with Crippen LogP contribution in [0.25, 0.3) is 11.4 Å². The fraction of sp³-hybridized carbons (Fsp3) is 0.310. The predicted molar refractivity (Wildman–Crippen MR) is 156 cm³/mol. The highest BCUT2D eigenvalue weighted by atomic mass is 32.2. The highest BCUT2D eigenvalue weighted by Crippen LogP contribution is 2.55. The Morgan fingerprint density at radius 3 is 2.57 bits per heavy atom. The van der Waals surface area contributed by atoms with E-state index < -0.39 is 26.4 Å². The lowest BCUT2D eigenvalue weighted by Crippen LogP contribution is -2.44. The number of rotatable bonds is 7. The zero-order chi connectivity index (χ0) is 29.5. The second-order valence-corrected chi connectivity index (χ2v) is 12.8. The summed E-state index contributed by atoms with van der Waals surface area (Å²) in [5.74, 6) is 0.343. The summed E-state index contributed by atoms with van der Waals surface area (Å²) in [4.78, 5) is 24.1. The number of carbonyl (C=O) groups excluding carboxylic acids is 1. The third kappa shape index (κ3) is 5.21. The van der Waals surface area contributed by atoms with Crippen LogP contribution in [0.5, 0.6) is 0 Å². The van der Waals surface area contributed by atoms with Gasteiger partial charge in [-0.25, -0.2) is 27.6 Å². The van der Waals surface area contributed by atoms with Crippen molar-refractivity contribution in [2.45, 2.75) is 42.4 Å². The van der Waals surface area contributed by atoms with Crippen LogP contribution in [0.1, 0.15) is 31.2 Å². The van der Waals surface area contributed by atoms with Gasteiger partial charge in [-0.1, -0.05) is 6.07 Å². The second kappa shape index (κ2) is 10.8. The molecule has 0 spiro atoms. The van der Waals surface area contributed by atoms with Gasteiger partial charge in [0.1, 0.15) is 16.4 Å². The van der Waals surface area contributed by atoms with Gasteiger partial charge in [-0.3, -0.25) is 5.10 Å². The Morgan fingerprint density at radius 1 is 1.12 bits per heavy atom. The number of benzene rings is 2. The lowest BCUT2D eigenvalue weighted by atomic mass is 10.1. The van der Waals surface area contributed by atoms with E-state index in [0.29, 0.717) is 66.9 Å². The summed E-state index contributed by atoms with van der Waals surface area (Å²) in [6.07, 6.45) is 2.26. The molecular weight excluding hydrogens is 561 g/mol. The Hall–Kier alpha value is -4.36. The van der Waals surface area contributed by atoms with Crippen molar-refractivity contribution in [3.63, 3.8) is 0 Å². The molecule has 4 aromatic rings. The van der Waals surface area contributed by atoms with Crippen LogP contribution in [0.3, 0.4) is 0 Å². The molecular formula is C29H30FN7O4S. The van der Waals surface area contributed by atoms with Crippen molar-refractivity contribution in [1.82, 2.24) is 20.2 Å². The molecule has 1 aliphatic carbocycles. The number of H-pyrrole nitrogens is 1. The summed E-state index contributed by atoms with van der Waals surface area (Å²) in [6.45, 7) is 5.45. The van der Waals surface area contributed by atoms with E-state index in [0.717, 1.165) is 11.8 Å². The smallest absolute Gasteiger partial charge is 0.323 e. The Kier molecular flexibility index (Phi) is 7.15. The predicted octanol–water partition coefficient (Wildman–Crippen LogP) is 4.65. The fourth-order valence-corrected chi connectivity index (χ4v) is 7.11. The van der Waals surface area contributed by atoms with Gasteiger partial charge in [0, 0.05) is 23.9 Å². The maximum absolute atomic E-state index is 14.0. The van der Waals surface area contributed by atoms with Gasteiger partial charge < -0.3 is 20.3 Å². The number of hydrogen-bond acceptors (Lipinski definition) is 8. The highest BCUT2D eigenvalue weighted by molar-refractivity contribution is 7.92. The summed E-state index contributed by atoms with van der Waals surface area (Å²) >= 11 is 0. The summed E-state index contributed by atoms with van der Waals surface area (Å²) < 4.78 is 46.0. The maximum atomic E-state index is 14.0. The fourth-order valence-electron chi connectivity index (χ4n) is 5.11. The Morgan fingerprint density at radius 2 is 1.90 bits per heavy atom. The number of amides is 2. The van der Waals surface area contributed by atoms with E-state index >= 15 is 0 Å². The third-order valence-electron chi connectivity index (χ3n) is 7.65. The van der Waals surface area contributed by atoms with Gasteiger partial charge in [-0.2, -0.15) is 5.10 Å². The molecule has 0 unspecified atom stereocenters. The number of sulfone groups is 1. The van der Waals surface area contributed by atoms with Crippen molar-refractivity contribution < 1.29 is 22.3 Å². The molecule has 1 atom stereocenters. The van der Waals surface area contributed by atoms with E-state index in [4.69, 9.17) is 14.7 Å². The normalized spacial score (nSPS) is 18.0. The van der Waals surface area contributed by atoms with Crippen LogP contribution in [0.4, 0.5) is 26.4 Å². The first-order valence-electron chi connectivity index (χ1n) is 13.6. The molecule has 218 valence electrons. The number of hydrogen-bond donors (Lipinski definition) is 3. The second-order valence-electron chi connectivity index (χ2n) is 10.6. The maximum Gasteiger partial charge on any atom is 0.323 e. The van der Waals surface area contributed by atoms with Crippen LogP contribution in [-0.2, 0) is 19.3 Å². The zero-order valence-electron chi connectivity index (χ0n) is 23.1. The molecule has 2 fully saturated rings. The first-order chi connectivity index (χ1) is 20.2. The molecule has 3 heterocycles. The van der Waals surface area contributed by atoms with E-state index in [1.54, 1.807) is 37.3 Å². The van der Waals surface area contributed by atoms with E-state index in [2.05, 4.69) is 25.7 Å². The van der Waals surface area contributed by atoms with Crippen LogP contribution >= 0.6 is 0 Å². The first kappa shape index (κ1) is 27.8. The van der Waals surface area contributed by atoms with Gasteiger partial charge in [0.25, 0.3) is 0 Å². The number of ether oxygens (including phenoxy) is 1. The van der Waals surface area contributed by atoms with E-state index in [9.17, 15) is 17.6 Å². The van der Waals surface area contributed by atoms with Crippen molar-refractivity contribution in [2.75, 3.05) is 35.3 Å². The largest absolute Gasteiger partial charge is 0.377 e. The summed E-state index contributed by atoms with van der Waals surface area (Å²) in [5.41, 5.74) is 2.87. The molecule has 42 heavy (non-hydrogen) atoms. The molecule has 1 saturated heterocycles. The molecule has 2 aromatic carbocycles. The van der Waals surface area contributed by atoms with Gasteiger partial charge in [0.05, 0.1) is 47.4 Å². The van der Waals surface area contributed by atoms with Crippen molar-refractivity contribution in [2.24, 2.45) is 0 Å². The zero-order valence-corrected chi connectivity index (χ0v) is 23.9. The number of aryl methyl sites for hydroxylation is 1. The third-order valence-corrected chi connectivity index (χ3v) is 10.2. The van der Waals surface area contributed by atoms with Gasteiger partial charge in [0.2, 0.25) is 0 Å². The van der Waals surface area contributed by atoms with Crippen LogP contribution in [0, 0.1) is 12.7 Å². The number of nitrogens with zero attached hydrogens (tertiary/aromatic N) is 4. The van der Waals surface area contributed by atoms with Crippen LogP contribution < -0.4 is 15.5 Å². The molecule has 1 aliphatic heterocycles. The number of aromatic amines is 1. The number of anilines is 3. The number of aromatic nitrogens is 4. The van der Waals surface area contributed by atoms with E-state index in [-0.39, 0.29) is 10.9 Å². The number of nitrogens with one attached hydrogen (secondary N) is 3. The number of halogens is 1. The molecule has 3 N–H and O–H groups in total. The van der Waals surface area contributed by atoms with Crippen molar-refractivity contribution in [1.29, 1.82) is 0 Å². The quantitative estimate of drug-likeness (QED) is 0.282. The Balaban J connectivity index is 1.34. The lowest BCUT2D eigenvalue weighted by Gasteiger charge is -2.34. The number of morpholine rings is 1. The lowest BCUT2D eigenvalue weighted by molar-refractivity contribution is 0.0985. The van der Waals surface area contributed by atoms with Gasteiger partial charge in [-0.05, 0) is 69.2 Å². The summed E-state index contributed by atoms with van der Waals surface area (Å²) in [6, 6.07) is 13.4. The highest BCUT2D eigenvalue weighted by Gasteiger charge is 2.58. The molecule has 1 saturated carbocycles. The Labute approximate surface area is 242 Å². The van der Waals surface area contributed by atoms with Crippen LogP contribution in [0.2, 0.25) is 0 Å². The van der Waals surface area contributed by atoms with E-state index in [1.165, 1.54) is 24.4 Å². The summed E-state index contributed by atoms with van der Waals surface area (Å²) in [7, 11) is -3.94. The van der Waals surface area contributed by atoms with Crippen LogP contribution in [-0.4, -0.2) is 60.4 Å². The molecule has 2 amide bonds. The molecule has 11 nitrogen and oxygen atoms in total. The minimum absolute atomic E-state index is 0.0216. The van der Waals surface area contributed by atoms with Crippen molar-refractivity contribution in [3.05, 3.63) is 78.0 Å². The molecule has 2 aromatic heterocycles. The number of carbonyl (C=O) groups is 1. The Bertz CT molecular complexity index is 1740. The average molecular weight is 592 g/mol. The minimum atomic E-state index is -3.94. The molecule has 0 radical (unpaired) electrons. The van der Waals surface area contributed by atoms with Gasteiger partial charge >= 0.3 is 6.03 Å². The number of urea groups is 1. The first-order valence-corrected chi connectivity index (χ1v) is 15.1. The van der Waals surface area contributed by atoms with E-state index in [1.807, 2.05) is 6.92 Å². The van der Waals surface area contributed by atoms with Gasteiger partial charge in [-0.15, -0.1) is 0 Å². The minimum Gasteiger partial charge on any atom is -0.377 e. The van der Waals surface area contributed by atoms with Crippen molar-refractivity contribution >= 4 is 33.1 Å². The standard InChI is InChI=1S/C29H30FN7O4S/c1-18-17-41-13-12-37(18)26-15-25(29(10-11-29)42(39,40)23-5-3-4-21(30)14-23)34-27(35-26)20-6-8-22(9-7-20)32-28(38)33-24-16-31-36-19(24)2/h3-9,14-16,18H,10-13,17H2,1-2H3,(H,31,36)(H2,32,33,38)/t18-/m0/s1. The molecule has 2 aliphatic rings. The molecule has 6 rings (SSSR count). The molecule has 0 bridgehead atoms. The topological polar surface area (TPSA) is 142 Å².